The maximum absolute atomic E-state index is 12.8. The smallest absolute Gasteiger partial charge is 0.265 e. The number of nitrogens with one attached hydrogen (secondary N) is 1. The number of halogens is 2. The van der Waals surface area contributed by atoms with Gasteiger partial charge in [-0.25, -0.2) is 8.42 Å². The number of anilines is 1. The molecule has 0 spiro atoms. The molecule has 2 heterocycles. The molecular weight excluding hydrogens is 409 g/mol. The van der Waals surface area contributed by atoms with Crippen molar-refractivity contribution < 1.29 is 8.42 Å². The van der Waals surface area contributed by atoms with E-state index in [1.807, 2.05) is 13.0 Å². The van der Waals surface area contributed by atoms with E-state index >= 15 is 0 Å². The van der Waals surface area contributed by atoms with Gasteiger partial charge >= 0.3 is 0 Å². The first kappa shape index (κ1) is 19.7. The van der Waals surface area contributed by atoms with Gasteiger partial charge in [0.2, 0.25) is 0 Å². The van der Waals surface area contributed by atoms with E-state index in [4.69, 9.17) is 23.2 Å². The Balaban J connectivity index is 1.91. The Morgan fingerprint density at radius 1 is 1.07 bits per heavy atom. The predicted molar refractivity (Wildman–Crippen MR) is 106 cm³/mol. The summed E-state index contributed by atoms with van der Waals surface area (Å²) >= 11 is 12.0. The molecule has 27 heavy (non-hydrogen) atoms. The number of sulfonamides is 1. The monoisotopic (exact) mass is 427 g/mol. The second-order valence-corrected chi connectivity index (χ2v) is 8.78. The maximum Gasteiger partial charge on any atom is 0.265 e. The van der Waals surface area contributed by atoms with Crippen LogP contribution in [0.3, 0.4) is 0 Å². The fraction of sp³-hybridized carbons (Fsp3) is 0.294. The van der Waals surface area contributed by atoms with Gasteiger partial charge in [0.1, 0.15) is 4.90 Å². The van der Waals surface area contributed by atoms with Gasteiger partial charge in [-0.3, -0.25) is 14.1 Å². The molecule has 3 aromatic rings. The molecule has 0 saturated heterocycles. The van der Waals surface area contributed by atoms with Crippen LogP contribution in [0, 0.1) is 20.8 Å². The molecule has 0 fully saturated rings. The van der Waals surface area contributed by atoms with Crippen molar-refractivity contribution >= 4 is 38.9 Å². The Labute approximate surface area is 168 Å². The highest BCUT2D eigenvalue weighted by molar-refractivity contribution is 7.92. The van der Waals surface area contributed by atoms with Gasteiger partial charge in [-0.1, -0.05) is 29.3 Å². The van der Waals surface area contributed by atoms with Crippen LogP contribution in [-0.4, -0.2) is 28.0 Å². The normalized spacial score (nSPS) is 11.8. The zero-order valence-electron chi connectivity index (χ0n) is 15.3. The lowest BCUT2D eigenvalue weighted by Crippen LogP contribution is -2.14. The molecule has 0 aliphatic rings. The summed E-state index contributed by atoms with van der Waals surface area (Å²) < 4.78 is 31.3. The summed E-state index contributed by atoms with van der Waals surface area (Å²) in [7, 11) is -2.09. The Morgan fingerprint density at radius 3 is 2.37 bits per heavy atom. The number of rotatable bonds is 5. The van der Waals surface area contributed by atoms with Crippen molar-refractivity contribution in [2.24, 2.45) is 7.05 Å². The first-order valence-corrected chi connectivity index (χ1v) is 10.3. The highest BCUT2D eigenvalue weighted by atomic mass is 35.5. The van der Waals surface area contributed by atoms with E-state index < -0.39 is 10.0 Å². The first-order valence-electron chi connectivity index (χ1n) is 8.09. The summed E-state index contributed by atoms with van der Waals surface area (Å²) in [4.78, 5) is 0.140. The lowest BCUT2D eigenvalue weighted by atomic mass is 10.2. The average molecular weight is 428 g/mol. The van der Waals surface area contributed by atoms with Crippen LogP contribution in [0.15, 0.2) is 29.3 Å². The molecule has 0 atom stereocenters. The minimum Gasteiger partial charge on any atom is -0.276 e. The van der Waals surface area contributed by atoms with Crippen LogP contribution in [0.2, 0.25) is 10.0 Å². The molecule has 2 aromatic heterocycles. The Hall–Kier alpha value is -2.03. The third-order valence-corrected chi connectivity index (χ3v) is 6.38. The van der Waals surface area contributed by atoms with Gasteiger partial charge in [-0.2, -0.15) is 10.2 Å². The molecule has 0 aliphatic heterocycles. The van der Waals surface area contributed by atoms with E-state index in [1.54, 1.807) is 37.7 Å². The summed E-state index contributed by atoms with van der Waals surface area (Å²) in [5.74, 6) is 0. The lowest BCUT2D eigenvalue weighted by molar-refractivity contribution is 0.600. The van der Waals surface area contributed by atoms with Gasteiger partial charge in [0, 0.05) is 13.2 Å². The number of aromatic nitrogens is 4. The van der Waals surface area contributed by atoms with Crippen molar-refractivity contribution in [1.29, 1.82) is 0 Å². The van der Waals surface area contributed by atoms with Gasteiger partial charge in [0.05, 0.1) is 39.4 Å². The molecule has 3 rings (SSSR count). The van der Waals surface area contributed by atoms with Crippen molar-refractivity contribution in [3.05, 3.63) is 57.1 Å². The average Bonchev–Trinajstić information content (AvgIpc) is 3.05. The minimum atomic E-state index is -3.77. The van der Waals surface area contributed by atoms with Crippen molar-refractivity contribution in [2.75, 3.05) is 4.72 Å². The number of hydrogen-bond acceptors (Lipinski definition) is 4. The highest BCUT2D eigenvalue weighted by Crippen LogP contribution is 2.26. The summed E-state index contributed by atoms with van der Waals surface area (Å²) in [6.07, 6.45) is 1.47. The molecule has 0 bridgehead atoms. The number of benzene rings is 1. The van der Waals surface area contributed by atoms with Gasteiger partial charge in [0.25, 0.3) is 10.0 Å². The lowest BCUT2D eigenvalue weighted by Gasteiger charge is -2.09. The SMILES string of the molecule is Cc1nn(C)cc1S(=O)(=O)Nc1c(C)nn(Cc2ccc(Cl)c(Cl)c2)c1C. The largest absolute Gasteiger partial charge is 0.276 e. The van der Waals surface area contributed by atoms with Crippen LogP contribution in [0.1, 0.15) is 22.6 Å². The van der Waals surface area contributed by atoms with Gasteiger partial charge in [-0.15, -0.1) is 0 Å². The van der Waals surface area contributed by atoms with Crippen LogP contribution < -0.4 is 4.72 Å². The second-order valence-electron chi connectivity index (χ2n) is 6.31. The molecule has 0 saturated carbocycles. The topological polar surface area (TPSA) is 81.8 Å². The molecule has 0 aliphatic carbocycles. The molecule has 144 valence electrons. The quantitative estimate of drug-likeness (QED) is 0.672. The number of aryl methyl sites for hydroxylation is 3. The summed E-state index contributed by atoms with van der Waals surface area (Å²) in [6.45, 7) is 5.66. The second kappa shape index (κ2) is 7.18. The molecule has 10 heteroatoms. The van der Waals surface area contributed by atoms with E-state index in [-0.39, 0.29) is 4.90 Å². The third kappa shape index (κ3) is 3.97. The highest BCUT2D eigenvalue weighted by Gasteiger charge is 2.23. The number of nitrogens with zero attached hydrogens (tertiary/aromatic N) is 4. The van der Waals surface area contributed by atoms with Crippen molar-refractivity contribution in [1.82, 2.24) is 19.6 Å². The zero-order chi connectivity index (χ0) is 19.9. The van der Waals surface area contributed by atoms with Crippen LogP contribution in [0.5, 0.6) is 0 Å². The molecule has 1 N–H and O–H groups in total. The van der Waals surface area contributed by atoms with Crippen molar-refractivity contribution in [2.45, 2.75) is 32.2 Å². The molecule has 0 radical (unpaired) electrons. The van der Waals surface area contributed by atoms with E-state index in [1.165, 1.54) is 10.9 Å². The standard InChI is InChI=1S/C17H19Cl2N5O2S/c1-10-16(9-23(4)20-10)27(25,26)22-17-11(2)21-24(12(17)3)8-13-5-6-14(18)15(19)7-13/h5-7,9,22H,8H2,1-4H3. The van der Waals surface area contributed by atoms with Crippen LogP contribution in [-0.2, 0) is 23.6 Å². The van der Waals surface area contributed by atoms with E-state index in [2.05, 4.69) is 14.9 Å². The van der Waals surface area contributed by atoms with Crippen LogP contribution >= 0.6 is 23.2 Å². The number of hydrogen-bond donors (Lipinski definition) is 1. The van der Waals surface area contributed by atoms with E-state index in [9.17, 15) is 8.42 Å². The van der Waals surface area contributed by atoms with Crippen LogP contribution in [0.4, 0.5) is 5.69 Å². The van der Waals surface area contributed by atoms with E-state index in [0.717, 1.165) is 5.56 Å². The molecule has 1 aromatic carbocycles. The Bertz CT molecular complexity index is 1120. The van der Waals surface area contributed by atoms with E-state index in [0.29, 0.717) is 39.4 Å². The Kier molecular flexibility index (Phi) is 5.24. The summed E-state index contributed by atoms with van der Waals surface area (Å²) in [5.41, 5.74) is 3.08. The zero-order valence-corrected chi connectivity index (χ0v) is 17.6. The molecule has 0 unspecified atom stereocenters. The molecular formula is C17H19Cl2N5O2S. The molecule has 0 amide bonds. The van der Waals surface area contributed by atoms with Crippen molar-refractivity contribution in [3.63, 3.8) is 0 Å². The maximum atomic E-state index is 12.8. The van der Waals surface area contributed by atoms with Gasteiger partial charge < -0.3 is 0 Å². The van der Waals surface area contributed by atoms with Crippen molar-refractivity contribution in [3.8, 4) is 0 Å². The fourth-order valence-corrected chi connectivity index (χ4v) is 4.56. The summed E-state index contributed by atoms with van der Waals surface area (Å²) in [5, 5.41) is 9.49. The minimum absolute atomic E-state index is 0.140. The van der Waals surface area contributed by atoms with Crippen LogP contribution in [0.25, 0.3) is 0 Å². The van der Waals surface area contributed by atoms with Gasteiger partial charge in [0.15, 0.2) is 0 Å². The third-order valence-electron chi connectivity index (χ3n) is 4.19. The van der Waals surface area contributed by atoms with Gasteiger partial charge in [-0.05, 0) is 38.5 Å². The Morgan fingerprint density at radius 2 is 1.78 bits per heavy atom. The summed E-state index contributed by atoms with van der Waals surface area (Å²) in [6, 6.07) is 5.34. The fourth-order valence-electron chi connectivity index (χ4n) is 2.84. The first-order chi connectivity index (χ1) is 12.6. The predicted octanol–water partition coefficient (Wildman–Crippen LogP) is 3.70. The molecule has 7 nitrogen and oxygen atoms in total.